The predicted octanol–water partition coefficient (Wildman–Crippen LogP) is 2.07. The molecular weight excluding hydrogens is 342 g/mol. The Morgan fingerprint density at radius 3 is 2.74 bits per heavy atom. The van der Waals surface area contributed by atoms with Gasteiger partial charge in [-0.3, -0.25) is 0 Å². The van der Waals surface area contributed by atoms with E-state index >= 15 is 0 Å². The van der Waals surface area contributed by atoms with Crippen molar-refractivity contribution in [1.82, 2.24) is 24.7 Å². The summed E-state index contributed by atoms with van der Waals surface area (Å²) in [6.45, 7) is 3.52. The van der Waals surface area contributed by atoms with Gasteiger partial charge < -0.3 is 15.0 Å². The summed E-state index contributed by atoms with van der Waals surface area (Å²) in [4.78, 5) is 16.4. The maximum Gasteiger partial charge on any atom is 0.225 e. The largest absolute Gasteiger partial charge is 0.381 e. The molecule has 8 nitrogen and oxygen atoms in total. The first kappa shape index (κ1) is 16.9. The van der Waals surface area contributed by atoms with Crippen molar-refractivity contribution in [2.24, 2.45) is 7.05 Å². The smallest absolute Gasteiger partial charge is 0.225 e. The average molecular weight is 369 g/mol. The molecule has 2 aromatic heterocycles. The first-order chi connectivity index (χ1) is 13.3. The van der Waals surface area contributed by atoms with Crippen LogP contribution in [0.1, 0.15) is 55.5 Å². The Morgan fingerprint density at radius 1 is 1.07 bits per heavy atom. The van der Waals surface area contributed by atoms with Crippen LogP contribution in [0, 0.1) is 0 Å². The molecule has 5 rings (SSSR count). The molecule has 0 radical (unpaired) electrons. The highest BCUT2D eigenvalue weighted by molar-refractivity contribution is 5.37. The highest BCUT2D eigenvalue weighted by Crippen LogP contribution is 2.38. The Bertz CT molecular complexity index is 797. The van der Waals surface area contributed by atoms with Gasteiger partial charge in [-0.25, -0.2) is 14.6 Å². The van der Waals surface area contributed by atoms with Crippen LogP contribution in [0.25, 0.3) is 0 Å². The number of anilines is 2. The molecule has 0 amide bonds. The third-order valence-electron chi connectivity index (χ3n) is 5.83. The minimum Gasteiger partial charge on any atom is -0.381 e. The number of nitrogens with one attached hydrogen (secondary N) is 1. The van der Waals surface area contributed by atoms with E-state index in [0.717, 1.165) is 69.0 Å². The molecule has 2 saturated heterocycles. The molecular formula is C19H27N7O. The van der Waals surface area contributed by atoms with E-state index in [9.17, 15) is 0 Å². The second kappa shape index (κ2) is 7.07. The summed E-state index contributed by atoms with van der Waals surface area (Å²) in [7, 11) is 1.97. The van der Waals surface area contributed by atoms with Crippen LogP contribution in [0.3, 0.4) is 0 Å². The lowest BCUT2D eigenvalue weighted by molar-refractivity contribution is 0.0845. The SMILES string of the molecule is Cn1nc(C2CC2)nc1NC1CCN(c2nccc(C3CCOCC3)n2)C1. The highest BCUT2D eigenvalue weighted by atomic mass is 16.5. The summed E-state index contributed by atoms with van der Waals surface area (Å²) in [5.41, 5.74) is 1.15. The molecule has 1 atom stereocenters. The fourth-order valence-electron chi connectivity index (χ4n) is 4.02. The van der Waals surface area contributed by atoms with Crippen LogP contribution >= 0.6 is 0 Å². The molecule has 1 saturated carbocycles. The monoisotopic (exact) mass is 369 g/mol. The Balaban J connectivity index is 1.24. The molecule has 1 aliphatic carbocycles. The van der Waals surface area contributed by atoms with Gasteiger partial charge in [-0.1, -0.05) is 0 Å². The van der Waals surface area contributed by atoms with Crippen molar-refractivity contribution in [3.05, 3.63) is 23.8 Å². The van der Waals surface area contributed by atoms with Crippen LogP contribution in [-0.2, 0) is 11.8 Å². The van der Waals surface area contributed by atoms with Crippen molar-refractivity contribution in [2.45, 2.75) is 50.0 Å². The molecule has 4 heterocycles. The van der Waals surface area contributed by atoms with E-state index in [4.69, 9.17) is 9.72 Å². The minimum atomic E-state index is 0.343. The second-order valence-corrected chi connectivity index (χ2v) is 7.94. The number of rotatable bonds is 5. The average Bonchev–Trinajstić information content (AvgIpc) is 3.35. The Hall–Kier alpha value is -2.22. The zero-order chi connectivity index (χ0) is 18.2. The van der Waals surface area contributed by atoms with Gasteiger partial charge in [-0.05, 0) is 38.2 Å². The first-order valence-corrected chi connectivity index (χ1v) is 10.1. The molecule has 1 unspecified atom stereocenters. The highest BCUT2D eigenvalue weighted by Gasteiger charge is 2.30. The molecule has 2 aliphatic heterocycles. The van der Waals surface area contributed by atoms with Gasteiger partial charge in [0.25, 0.3) is 0 Å². The summed E-state index contributed by atoms with van der Waals surface area (Å²) in [6, 6.07) is 2.40. The first-order valence-electron chi connectivity index (χ1n) is 10.1. The van der Waals surface area contributed by atoms with E-state index in [-0.39, 0.29) is 0 Å². The number of aryl methyl sites for hydroxylation is 1. The molecule has 3 aliphatic rings. The molecule has 144 valence electrons. The van der Waals surface area contributed by atoms with Gasteiger partial charge in [-0.2, -0.15) is 10.1 Å². The zero-order valence-corrected chi connectivity index (χ0v) is 15.8. The van der Waals surface area contributed by atoms with Crippen LogP contribution in [0.5, 0.6) is 0 Å². The van der Waals surface area contributed by atoms with Crippen molar-refractivity contribution in [3.63, 3.8) is 0 Å². The molecule has 27 heavy (non-hydrogen) atoms. The number of nitrogens with zero attached hydrogens (tertiary/aromatic N) is 6. The van der Waals surface area contributed by atoms with Crippen molar-refractivity contribution >= 4 is 11.9 Å². The minimum absolute atomic E-state index is 0.343. The van der Waals surface area contributed by atoms with E-state index in [0.29, 0.717) is 17.9 Å². The number of aromatic nitrogens is 5. The molecule has 0 aromatic carbocycles. The van der Waals surface area contributed by atoms with Gasteiger partial charge in [0.2, 0.25) is 11.9 Å². The van der Waals surface area contributed by atoms with Gasteiger partial charge in [0, 0.05) is 63.1 Å². The summed E-state index contributed by atoms with van der Waals surface area (Å²) in [5, 5.41) is 8.12. The van der Waals surface area contributed by atoms with Gasteiger partial charge in [0.15, 0.2) is 5.82 Å². The Labute approximate surface area is 159 Å². The zero-order valence-electron chi connectivity index (χ0n) is 15.8. The second-order valence-electron chi connectivity index (χ2n) is 7.94. The van der Waals surface area contributed by atoms with E-state index in [1.807, 2.05) is 17.9 Å². The van der Waals surface area contributed by atoms with E-state index < -0.39 is 0 Å². The standard InChI is InChI=1S/C19H27N7O/c1-25-19(23-17(24-25)14-2-3-14)21-15-5-9-26(12-15)18-20-8-4-16(22-18)13-6-10-27-11-7-13/h4,8,13-15H,2-3,5-7,9-12H2,1H3,(H,21,23,24). The fraction of sp³-hybridized carbons (Fsp3) is 0.684. The van der Waals surface area contributed by atoms with Crippen molar-refractivity contribution in [1.29, 1.82) is 0 Å². The number of hydrogen-bond acceptors (Lipinski definition) is 7. The molecule has 3 fully saturated rings. The lowest BCUT2D eigenvalue weighted by Crippen LogP contribution is -2.28. The van der Waals surface area contributed by atoms with Crippen LogP contribution < -0.4 is 10.2 Å². The van der Waals surface area contributed by atoms with Crippen LogP contribution in [-0.4, -0.2) is 57.1 Å². The number of ether oxygens (including phenoxy) is 1. The number of hydrogen-bond donors (Lipinski definition) is 1. The fourth-order valence-corrected chi connectivity index (χ4v) is 4.02. The summed E-state index contributed by atoms with van der Waals surface area (Å²) in [5.74, 6) is 3.78. The Kier molecular flexibility index (Phi) is 4.43. The summed E-state index contributed by atoms with van der Waals surface area (Å²) in [6.07, 6.45) is 7.50. The van der Waals surface area contributed by atoms with Crippen LogP contribution in [0.2, 0.25) is 0 Å². The Morgan fingerprint density at radius 2 is 1.93 bits per heavy atom. The van der Waals surface area contributed by atoms with E-state index in [1.165, 1.54) is 12.8 Å². The third-order valence-corrected chi connectivity index (χ3v) is 5.83. The molecule has 2 aromatic rings. The van der Waals surface area contributed by atoms with Crippen LogP contribution in [0.15, 0.2) is 12.3 Å². The van der Waals surface area contributed by atoms with Crippen molar-refractivity contribution in [2.75, 3.05) is 36.5 Å². The third kappa shape index (κ3) is 3.63. The van der Waals surface area contributed by atoms with Gasteiger partial charge in [-0.15, -0.1) is 0 Å². The lowest BCUT2D eigenvalue weighted by Gasteiger charge is -2.23. The quantitative estimate of drug-likeness (QED) is 0.864. The van der Waals surface area contributed by atoms with Gasteiger partial charge in [0.1, 0.15) is 0 Å². The summed E-state index contributed by atoms with van der Waals surface area (Å²) >= 11 is 0. The topological polar surface area (TPSA) is 81.0 Å². The van der Waals surface area contributed by atoms with E-state index in [1.54, 1.807) is 0 Å². The van der Waals surface area contributed by atoms with Gasteiger partial charge in [0.05, 0.1) is 0 Å². The lowest BCUT2D eigenvalue weighted by atomic mass is 9.96. The van der Waals surface area contributed by atoms with Crippen molar-refractivity contribution in [3.8, 4) is 0 Å². The molecule has 1 N–H and O–H groups in total. The summed E-state index contributed by atoms with van der Waals surface area (Å²) < 4.78 is 7.35. The normalized spacial score (nSPS) is 23.7. The maximum atomic E-state index is 5.48. The van der Waals surface area contributed by atoms with Crippen molar-refractivity contribution < 1.29 is 4.74 Å². The van der Waals surface area contributed by atoms with E-state index in [2.05, 4.69) is 31.3 Å². The predicted molar refractivity (Wildman–Crippen MR) is 102 cm³/mol. The molecule has 8 heteroatoms. The maximum absolute atomic E-state index is 5.48. The van der Waals surface area contributed by atoms with Crippen LogP contribution in [0.4, 0.5) is 11.9 Å². The van der Waals surface area contributed by atoms with Gasteiger partial charge >= 0.3 is 0 Å². The molecule has 0 bridgehead atoms. The molecule has 0 spiro atoms.